The van der Waals surface area contributed by atoms with Crippen molar-refractivity contribution in [2.75, 3.05) is 23.3 Å². The maximum absolute atomic E-state index is 12.0. The molecule has 2 unspecified atom stereocenters. The van der Waals surface area contributed by atoms with Gasteiger partial charge in [-0.2, -0.15) is 0 Å². The number of ether oxygens (including phenoxy) is 2. The molecule has 0 bridgehead atoms. The van der Waals surface area contributed by atoms with Crippen LogP contribution in [-0.2, 0) is 9.47 Å². The molecular weight excluding hydrogens is 292 g/mol. The molecule has 128 valence electrons. The third-order valence-electron chi connectivity index (χ3n) is 3.49. The van der Waals surface area contributed by atoms with Crippen LogP contribution in [0.1, 0.15) is 40.2 Å². The van der Waals surface area contributed by atoms with Crippen LogP contribution >= 0.6 is 0 Å². The van der Waals surface area contributed by atoms with Gasteiger partial charge < -0.3 is 14.4 Å². The van der Waals surface area contributed by atoms with Gasteiger partial charge in [0.1, 0.15) is 5.60 Å². The third kappa shape index (κ3) is 5.43. The first-order valence-electron chi connectivity index (χ1n) is 8.14. The standard InChI is InChI=1S/C18H28N2O3/c1-12-7-15(19-17(21)23-18(4,5)6)9-16(8-12)20-10-13(2)22-14(3)11-20/h7-9,13-14H,10-11H2,1-6H3,(H,19,21). The summed E-state index contributed by atoms with van der Waals surface area (Å²) in [6, 6.07) is 6.06. The molecule has 0 spiro atoms. The van der Waals surface area contributed by atoms with E-state index in [1.54, 1.807) is 0 Å². The lowest BCUT2D eigenvalue weighted by Crippen LogP contribution is -2.45. The molecule has 1 heterocycles. The first-order chi connectivity index (χ1) is 10.6. The molecule has 1 aromatic carbocycles. The summed E-state index contributed by atoms with van der Waals surface area (Å²) in [6.07, 6.45) is -0.0409. The number of anilines is 2. The molecule has 0 aromatic heterocycles. The van der Waals surface area contributed by atoms with E-state index in [0.29, 0.717) is 0 Å². The minimum Gasteiger partial charge on any atom is -0.444 e. The molecule has 1 aromatic rings. The first-order valence-corrected chi connectivity index (χ1v) is 8.14. The molecule has 1 fully saturated rings. The topological polar surface area (TPSA) is 50.8 Å². The summed E-state index contributed by atoms with van der Waals surface area (Å²) in [6.45, 7) is 13.4. The van der Waals surface area contributed by atoms with Gasteiger partial charge in [-0.15, -0.1) is 0 Å². The van der Waals surface area contributed by atoms with Crippen LogP contribution in [-0.4, -0.2) is 37.0 Å². The molecule has 5 heteroatoms. The molecule has 1 amide bonds. The van der Waals surface area contributed by atoms with Gasteiger partial charge in [0, 0.05) is 24.5 Å². The molecule has 1 N–H and O–H groups in total. The maximum Gasteiger partial charge on any atom is 0.412 e. The second-order valence-corrected chi connectivity index (χ2v) is 7.35. The van der Waals surface area contributed by atoms with E-state index in [1.165, 1.54) is 0 Å². The zero-order valence-electron chi connectivity index (χ0n) is 15.0. The summed E-state index contributed by atoms with van der Waals surface area (Å²) in [5, 5.41) is 2.82. The molecule has 0 radical (unpaired) electrons. The van der Waals surface area contributed by atoms with Crippen molar-refractivity contribution in [3.8, 4) is 0 Å². The van der Waals surface area contributed by atoms with Crippen LogP contribution in [0, 0.1) is 6.92 Å². The van der Waals surface area contributed by atoms with Crippen LogP contribution in [0.3, 0.4) is 0 Å². The summed E-state index contributed by atoms with van der Waals surface area (Å²) >= 11 is 0. The van der Waals surface area contributed by atoms with Crippen molar-refractivity contribution in [3.05, 3.63) is 23.8 Å². The van der Waals surface area contributed by atoms with Crippen molar-refractivity contribution in [1.29, 1.82) is 0 Å². The Balaban J connectivity index is 2.14. The molecule has 2 rings (SSSR count). The van der Waals surface area contributed by atoms with Crippen molar-refractivity contribution in [2.45, 2.75) is 59.4 Å². The summed E-state index contributed by atoms with van der Waals surface area (Å²) in [5.74, 6) is 0. The molecule has 0 aliphatic carbocycles. The SMILES string of the molecule is Cc1cc(NC(=O)OC(C)(C)C)cc(N2CC(C)OC(C)C2)c1. The number of carbonyl (C=O) groups excluding carboxylic acids is 1. The van der Waals surface area contributed by atoms with Crippen LogP contribution in [0.5, 0.6) is 0 Å². The summed E-state index contributed by atoms with van der Waals surface area (Å²) < 4.78 is 11.1. The number of benzene rings is 1. The summed E-state index contributed by atoms with van der Waals surface area (Å²) in [4.78, 5) is 14.3. The van der Waals surface area contributed by atoms with E-state index in [2.05, 4.69) is 30.1 Å². The average Bonchev–Trinajstić information content (AvgIpc) is 2.34. The minimum atomic E-state index is -0.508. The van der Waals surface area contributed by atoms with Gasteiger partial charge in [-0.05, 0) is 65.3 Å². The molecule has 1 aliphatic rings. The van der Waals surface area contributed by atoms with E-state index in [9.17, 15) is 4.79 Å². The highest BCUT2D eigenvalue weighted by Crippen LogP contribution is 2.26. The Morgan fingerprint density at radius 1 is 1.22 bits per heavy atom. The Hall–Kier alpha value is -1.75. The van der Waals surface area contributed by atoms with Gasteiger partial charge in [-0.25, -0.2) is 4.79 Å². The molecule has 5 nitrogen and oxygen atoms in total. The highest BCUT2D eigenvalue weighted by atomic mass is 16.6. The van der Waals surface area contributed by atoms with Crippen molar-refractivity contribution in [2.24, 2.45) is 0 Å². The molecular formula is C18H28N2O3. The molecule has 0 saturated carbocycles. The first kappa shape index (κ1) is 17.6. The Morgan fingerprint density at radius 2 is 1.83 bits per heavy atom. The molecule has 23 heavy (non-hydrogen) atoms. The number of amides is 1. The van der Waals surface area contributed by atoms with Crippen molar-refractivity contribution < 1.29 is 14.3 Å². The lowest BCUT2D eigenvalue weighted by Gasteiger charge is -2.37. The van der Waals surface area contributed by atoms with Crippen LogP contribution in [0.25, 0.3) is 0 Å². The van der Waals surface area contributed by atoms with Crippen LogP contribution in [0.4, 0.5) is 16.2 Å². The zero-order chi connectivity index (χ0) is 17.2. The van der Waals surface area contributed by atoms with Gasteiger partial charge in [0.05, 0.1) is 12.2 Å². The minimum absolute atomic E-state index is 0.196. The largest absolute Gasteiger partial charge is 0.444 e. The number of nitrogens with zero attached hydrogens (tertiary/aromatic N) is 1. The third-order valence-corrected chi connectivity index (χ3v) is 3.49. The summed E-state index contributed by atoms with van der Waals surface area (Å²) in [5.41, 5.74) is 2.44. The van der Waals surface area contributed by atoms with Crippen LogP contribution in [0.2, 0.25) is 0 Å². The molecule has 2 atom stereocenters. The van der Waals surface area contributed by atoms with Crippen molar-refractivity contribution >= 4 is 17.5 Å². The number of aryl methyl sites for hydroxylation is 1. The quantitative estimate of drug-likeness (QED) is 0.896. The second-order valence-electron chi connectivity index (χ2n) is 7.35. The number of hydrogen-bond donors (Lipinski definition) is 1. The van der Waals surface area contributed by atoms with Crippen molar-refractivity contribution in [1.82, 2.24) is 0 Å². The van der Waals surface area contributed by atoms with Gasteiger partial charge in [0.15, 0.2) is 0 Å². The number of morpholine rings is 1. The predicted molar refractivity (Wildman–Crippen MR) is 93.3 cm³/mol. The van der Waals surface area contributed by atoms with E-state index < -0.39 is 11.7 Å². The fourth-order valence-corrected chi connectivity index (χ4v) is 2.83. The number of nitrogens with one attached hydrogen (secondary N) is 1. The Morgan fingerprint density at radius 3 is 2.39 bits per heavy atom. The second kappa shape index (κ2) is 6.79. The highest BCUT2D eigenvalue weighted by Gasteiger charge is 2.23. The summed E-state index contributed by atoms with van der Waals surface area (Å²) in [7, 11) is 0. The van der Waals surface area contributed by atoms with E-state index in [-0.39, 0.29) is 12.2 Å². The Bertz CT molecular complexity index is 556. The number of hydrogen-bond acceptors (Lipinski definition) is 4. The lowest BCUT2D eigenvalue weighted by molar-refractivity contribution is -0.00522. The van der Waals surface area contributed by atoms with Gasteiger partial charge >= 0.3 is 6.09 Å². The fourth-order valence-electron chi connectivity index (χ4n) is 2.83. The monoisotopic (exact) mass is 320 g/mol. The smallest absolute Gasteiger partial charge is 0.412 e. The van der Waals surface area contributed by atoms with Gasteiger partial charge in [0.25, 0.3) is 0 Å². The number of carbonyl (C=O) groups is 1. The van der Waals surface area contributed by atoms with Gasteiger partial charge in [-0.1, -0.05) is 0 Å². The maximum atomic E-state index is 12.0. The lowest BCUT2D eigenvalue weighted by atomic mass is 10.1. The normalized spacial score (nSPS) is 21.9. The Kier molecular flexibility index (Phi) is 5.19. The van der Waals surface area contributed by atoms with Crippen LogP contribution in [0.15, 0.2) is 18.2 Å². The zero-order valence-corrected chi connectivity index (χ0v) is 15.0. The van der Waals surface area contributed by atoms with E-state index in [0.717, 1.165) is 30.0 Å². The van der Waals surface area contributed by atoms with E-state index in [4.69, 9.17) is 9.47 Å². The van der Waals surface area contributed by atoms with Gasteiger partial charge in [0.2, 0.25) is 0 Å². The molecule has 1 saturated heterocycles. The average molecular weight is 320 g/mol. The van der Waals surface area contributed by atoms with Crippen LogP contribution < -0.4 is 10.2 Å². The van der Waals surface area contributed by atoms with E-state index >= 15 is 0 Å². The van der Waals surface area contributed by atoms with Gasteiger partial charge in [-0.3, -0.25) is 5.32 Å². The number of rotatable bonds is 2. The molecule has 1 aliphatic heterocycles. The fraction of sp³-hybridized carbons (Fsp3) is 0.611. The predicted octanol–water partition coefficient (Wildman–Crippen LogP) is 3.96. The van der Waals surface area contributed by atoms with E-state index in [1.807, 2.05) is 39.8 Å². The van der Waals surface area contributed by atoms with Crippen molar-refractivity contribution in [3.63, 3.8) is 0 Å². The highest BCUT2D eigenvalue weighted by molar-refractivity contribution is 5.86. The Labute approximate surface area is 139 Å².